The van der Waals surface area contributed by atoms with Crippen LogP contribution in [-0.2, 0) is 9.59 Å². The maximum atomic E-state index is 14.1. The zero-order valence-electron chi connectivity index (χ0n) is 12.2. The van der Waals surface area contributed by atoms with E-state index in [9.17, 15) is 14.0 Å². The molecule has 1 amide bonds. The largest absolute Gasteiger partial charge is 0.481 e. The van der Waals surface area contributed by atoms with Crippen LogP contribution in [0.5, 0.6) is 0 Å². The van der Waals surface area contributed by atoms with E-state index in [4.69, 9.17) is 9.63 Å². The molecule has 3 rings (SSSR count). The second-order valence-electron chi connectivity index (χ2n) is 5.42. The Morgan fingerprint density at radius 2 is 2.13 bits per heavy atom. The molecule has 0 aliphatic heterocycles. The van der Waals surface area contributed by atoms with Crippen molar-refractivity contribution < 1.29 is 23.6 Å². The molecular formula is C15H14FN3O4. The van der Waals surface area contributed by atoms with Crippen LogP contribution in [0.1, 0.15) is 29.7 Å². The normalized spacial score (nSPS) is 20.8. The SMILES string of the molecule is Cc1nc(C(NC(=O)C2CC2C(=O)O)c2ccccc2F)no1. The molecule has 1 aromatic carbocycles. The minimum atomic E-state index is -1.01. The van der Waals surface area contributed by atoms with Crippen molar-refractivity contribution in [3.63, 3.8) is 0 Å². The third kappa shape index (κ3) is 3.05. The number of aliphatic carboxylic acids is 1. The number of hydrogen-bond acceptors (Lipinski definition) is 5. The van der Waals surface area contributed by atoms with Crippen molar-refractivity contribution in [1.82, 2.24) is 15.5 Å². The summed E-state index contributed by atoms with van der Waals surface area (Å²) in [5, 5.41) is 15.3. The van der Waals surface area contributed by atoms with Gasteiger partial charge < -0.3 is 14.9 Å². The summed E-state index contributed by atoms with van der Waals surface area (Å²) < 4.78 is 19.0. The van der Waals surface area contributed by atoms with Crippen LogP contribution in [0, 0.1) is 24.6 Å². The number of nitrogens with zero attached hydrogens (tertiary/aromatic N) is 2. The van der Waals surface area contributed by atoms with Crippen molar-refractivity contribution in [3.05, 3.63) is 47.4 Å². The van der Waals surface area contributed by atoms with Gasteiger partial charge in [-0.1, -0.05) is 23.4 Å². The van der Waals surface area contributed by atoms with Gasteiger partial charge in [-0.3, -0.25) is 9.59 Å². The lowest BCUT2D eigenvalue weighted by molar-refractivity contribution is -0.140. The topological polar surface area (TPSA) is 105 Å². The van der Waals surface area contributed by atoms with Crippen LogP contribution >= 0.6 is 0 Å². The van der Waals surface area contributed by atoms with Crippen LogP contribution in [0.15, 0.2) is 28.8 Å². The highest BCUT2D eigenvalue weighted by Crippen LogP contribution is 2.39. The molecule has 2 aromatic rings. The number of carboxylic acid groups (broad SMARTS) is 1. The molecule has 0 radical (unpaired) electrons. The number of rotatable bonds is 5. The maximum absolute atomic E-state index is 14.1. The van der Waals surface area contributed by atoms with Gasteiger partial charge in [0.1, 0.15) is 11.9 Å². The zero-order valence-corrected chi connectivity index (χ0v) is 12.2. The molecule has 1 saturated carbocycles. The highest BCUT2D eigenvalue weighted by atomic mass is 19.1. The summed E-state index contributed by atoms with van der Waals surface area (Å²) in [6.45, 7) is 1.58. The fraction of sp³-hybridized carbons (Fsp3) is 0.333. The minimum absolute atomic E-state index is 0.119. The van der Waals surface area contributed by atoms with E-state index in [2.05, 4.69) is 15.5 Å². The molecule has 1 fully saturated rings. The van der Waals surface area contributed by atoms with Crippen molar-refractivity contribution in [2.24, 2.45) is 11.8 Å². The first-order valence-corrected chi connectivity index (χ1v) is 7.05. The summed E-state index contributed by atoms with van der Waals surface area (Å²) >= 11 is 0. The summed E-state index contributed by atoms with van der Waals surface area (Å²) in [7, 11) is 0. The fourth-order valence-corrected chi connectivity index (χ4v) is 2.43. The Hall–Kier alpha value is -2.77. The van der Waals surface area contributed by atoms with Gasteiger partial charge in [-0.05, 0) is 12.5 Å². The lowest BCUT2D eigenvalue weighted by Gasteiger charge is -2.16. The van der Waals surface area contributed by atoms with Crippen LogP contribution in [0.25, 0.3) is 0 Å². The second-order valence-corrected chi connectivity index (χ2v) is 5.42. The van der Waals surface area contributed by atoms with Gasteiger partial charge in [-0.15, -0.1) is 0 Å². The molecule has 3 unspecified atom stereocenters. The van der Waals surface area contributed by atoms with Crippen molar-refractivity contribution in [1.29, 1.82) is 0 Å². The Kier molecular flexibility index (Phi) is 3.81. The number of carboxylic acids is 1. The van der Waals surface area contributed by atoms with E-state index in [1.54, 1.807) is 13.0 Å². The molecule has 23 heavy (non-hydrogen) atoms. The van der Waals surface area contributed by atoms with Gasteiger partial charge in [0.25, 0.3) is 0 Å². The third-order valence-electron chi connectivity index (χ3n) is 3.75. The van der Waals surface area contributed by atoms with Gasteiger partial charge in [-0.25, -0.2) is 4.39 Å². The van der Waals surface area contributed by atoms with Crippen molar-refractivity contribution in [2.45, 2.75) is 19.4 Å². The number of aromatic nitrogens is 2. The molecule has 0 spiro atoms. The third-order valence-corrected chi connectivity index (χ3v) is 3.75. The van der Waals surface area contributed by atoms with Crippen molar-refractivity contribution >= 4 is 11.9 Å². The van der Waals surface area contributed by atoms with Gasteiger partial charge >= 0.3 is 5.97 Å². The number of benzene rings is 1. The van der Waals surface area contributed by atoms with Gasteiger partial charge in [-0.2, -0.15) is 4.98 Å². The second kappa shape index (κ2) is 5.79. The summed E-state index contributed by atoms with van der Waals surface area (Å²) in [6, 6.07) is 4.99. The first kappa shape index (κ1) is 15.1. The minimum Gasteiger partial charge on any atom is -0.481 e. The smallest absolute Gasteiger partial charge is 0.307 e. The fourth-order valence-electron chi connectivity index (χ4n) is 2.43. The summed E-state index contributed by atoms with van der Waals surface area (Å²) in [6.07, 6.45) is 0.274. The van der Waals surface area contributed by atoms with Crippen LogP contribution in [-0.4, -0.2) is 27.1 Å². The molecule has 1 aliphatic rings. The first-order valence-electron chi connectivity index (χ1n) is 7.05. The number of aryl methyl sites for hydroxylation is 1. The lowest BCUT2D eigenvalue weighted by atomic mass is 10.1. The predicted octanol–water partition coefficient (Wildman–Crippen LogP) is 1.44. The van der Waals surface area contributed by atoms with Crippen LogP contribution in [0.4, 0.5) is 4.39 Å². The monoisotopic (exact) mass is 319 g/mol. The summed E-state index contributed by atoms with van der Waals surface area (Å²) in [4.78, 5) is 27.1. The Morgan fingerprint density at radius 1 is 1.39 bits per heavy atom. The lowest BCUT2D eigenvalue weighted by Crippen LogP contribution is -2.32. The molecule has 120 valence electrons. The Balaban J connectivity index is 1.86. The van der Waals surface area contributed by atoms with Crippen molar-refractivity contribution in [2.75, 3.05) is 0 Å². The van der Waals surface area contributed by atoms with Gasteiger partial charge in [0.05, 0.1) is 11.8 Å². The van der Waals surface area contributed by atoms with Gasteiger partial charge in [0, 0.05) is 12.5 Å². The van der Waals surface area contributed by atoms with Gasteiger partial charge in [0.2, 0.25) is 11.8 Å². The van der Waals surface area contributed by atoms with E-state index < -0.39 is 35.6 Å². The van der Waals surface area contributed by atoms with E-state index in [-0.39, 0.29) is 23.7 Å². The maximum Gasteiger partial charge on any atom is 0.307 e. The molecule has 1 aliphatic carbocycles. The molecule has 2 N–H and O–H groups in total. The van der Waals surface area contributed by atoms with E-state index in [0.717, 1.165) is 0 Å². The summed E-state index contributed by atoms with van der Waals surface area (Å²) in [5.74, 6) is -2.90. The zero-order chi connectivity index (χ0) is 16.6. The standard InChI is InChI=1S/C15H14FN3O4/c1-7-17-13(19-23-7)12(8-4-2-3-5-11(8)16)18-14(20)9-6-10(9)15(21)22/h2-5,9-10,12H,6H2,1H3,(H,18,20)(H,21,22). The Labute approximate surface area is 130 Å². The van der Waals surface area contributed by atoms with E-state index >= 15 is 0 Å². The molecule has 0 bridgehead atoms. The number of amides is 1. The Bertz CT molecular complexity index is 761. The molecule has 0 saturated heterocycles. The van der Waals surface area contributed by atoms with Gasteiger partial charge in [0.15, 0.2) is 5.82 Å². The number of hydrogen-bond donors (Lipinski definition) is 2. The number of halogens is 1. The molecule has 8 heteroatoms. The van der Waals surface area contributed by atoms with Crippen LogP contribution in [0.2, 0.25) is 0 Å². The first-order chi connectivity index (χ1) is 11.0. The molecular weight excluding hydrogens is 305 g/mol. The van der Waals surface area contributed by atoms with E-state index in [0.29, 0.717) is 0 Å². The molecule has 7 nitrogen and oxygen atoms in total. The highest BCUT2D eigenvalue weighted by Gasteiger charge is 2.49. The number of carbonyl (C=O) groups excluding carboxylic acids is 1. The highest BCUT2D eigenvalue weighted by molar-refractivity contribution is 5.89. The van der Waals surface area contributed by atoms with E-state index in [1.807, 2.05) is 0 Å². The quantitative estimate of drug-likeness (QED) is 0.864. The number of carbonyl (C=O) groups is 2. The van der Waals surface area contributed by atoms with Crippen LogP contribution in [0.3, 0.4) is 0 Å². The summed E-state index contributed by atoms with van der Waals surface area (Å²) in [5.41, 5.74) is 0.189. The number of nitrogens with one attached hydrogen (secondary N) is 1. The molecule has 1 heterocycles. The average molecular weight is 319 g/mol. The van der Waals surface area contributed by atoms with Crippen LogP contribution < -0.4 is 5.32 Å². The molecule has 1 aromatic heterocycles. The average Bonchev–Trinajstić information content (AvgIpc) is 3.21. The Morgan fingerprint density at radius 3 is 2.70 bits per heavy atom. The van der Waals surface area contributed by atoms with Crippen molar-refractivity contribution in [3.8, 4) is 0 Å². The molecule has 3 atom stereocenters. The predicted molar refractivity (Wildman–Crippen MR) is 74.7 cm³/mol. The van der Waals surface area contributed by atoms with E-state index in [1.165, 1.54) is 18.2 Å².